The summed E-state index contributed by atoms with van der Waals surface area (Å²) in [5.74, 6) is 0.267. The van der Waals surface area contributed by atoms with E-state index in [0.717, 1.165) is 5.56 Å². The third-order valence-corrected chi connectivity index (χ3v) is 5.01. The van der Waals surface area contributed by atoms with Gasteiger partial charge in [0.15, 0.2) is 0 Å². The number of methoxy groups -OCH3 is 1. The molecule has 0 heterocycles. The van der Waals surface area contributed by atoms with Crippen LogP contribution in [-0.2, 0) is 6.54 Å². The van der Waals surface area contributed by atoms with Crippen molar-refractivity contribution in [3.63, 3.8) is 0 Å². The molecule has 0 saturated carbocycles. The Kier molecular flexibility index (Phi) is 6.67. The molecule has 0 aliphatic heterocycles. The summed E-state index contributed by atoms with van der Waals surface area (Å²) in [6, 6.07) is 21.8. The number of anilines is 1. The van der Waals surface area contributed by atoms with Crippen molar-refractivity contribution in [1.82, 2.24) is 4.90 Å². The van der Waals surface area contributed by atoms with Crippen molar-refractivity contribution in [3.05, 3.63) is 94.0 Å². The van der Waals surface area contributed by atoms with Gasteiger partial charge in [-0.25, -0.2) is 0 Å². The van der Waals surface area contributed by atoms with Gasteiger partial charge in [-0.1, -0.05) is 36.4 Å². The molecule has 5 nitrogen and oxygen atoms in total. The lowest BCUT2D eigenvalue weighted by Crippen LogP contribution is -2.26. The monoisotopic (exact) mass is 452 g/mol. The van der Waals surface area contributed by atoms with Gasteiger partial charge in [-0.05, 0) is 57.9 Å². The highest BCUT2D eigenvalue weighted by molar-refractivity contribution is 9.10. The zero-order valence-electron chi connectivity index (χ0n) is 16.2. The molecule has 0 atom stereocenters. The second-order valence-corrected chi connectivity index (χ2v) is 7.39. The minimum absolute atomic E-state index is 0.114. The molecule has 0 fully saturated rings. The average Bonchev–Trinajstić information content (AvgIpc) is 2.74. The molecule has 0 radical (unpaired) electrons. The summed E-state index contributed by atoms with van der Waals surface area (Å²) in [6.07, 6.45) is 0. The summed E-state index contributed by atoms with van der Waals surface area (Å²) < 4.78 is 5.88. The Labute approximate surface area is 178 Å². The van der Waals surface area contributed by atoms with Crippen LogP contribution in [0.4, 0.5) is 5.69 Å². The summed E-state index contributed by atoms with van der Waals surface area (Å²) in [5.41, 5.74) is 2.60. The van der Waals surface area contributed by atoms with Gasteiger partial charge in [0.05, 0.1) is 11.6 Å². The predicted octanol–water partition coefficient (Wildman–Crippen LogP) is 4.98. The van der Waals surface area contributed by atoms with Gasteiger partial charge < -0.3 is 15.0 Å². The number of rotatable bonds is 6. The Morgan fingerprint density at radius 3 is 2.41 bits per heavy atom. The largest absolute Gasteiger partial charge is 0.496 e. The first-order chi connectivity index (χ1) is 14.0. The van der Waals surface area contributed by atoms with E-state index in [1.54, 1.807) is 61.5 Å². The molecule has 0 spiro atoms. The molecule has 2 amide bonds. The first-order valence-corrected chi connectivity index (χ1v) is 9.81. The molecule has 0 unspecified atom stereocenters. The van der Waals surface area contributed by atoms with E-state index in [1.165, 1.54) is 0 Å². The van der Waals surface area contributed by atoms with E-state index >= 15 is 0 Å². The summed E-state index contributed by atoms with van der Waals surface area (Å²) in [4.78, 5) is 27.0. The molecule has 1 N–H and O–H groups in total. The number of nitrogens with zero attached hydrogens (tertiary/aromatic N) is 1. The van der Waals surface area contributed by atoms with Crippen molar-refractivity contribution in [1.29, 1.82) is 0 Å². The number of carbonyl (C=O) groups is 2. The van der Waals surface area contributed by atoms with Crippen molar-refractivity contribution in [2.45, 2.75) is 6.54 Å². The molecule has 3 aromatic carbocycles. The van der Waals surface area contributed by atoms with Crippen LogP contribution in [0.15, 0.2) is 77.3 Å². The fourth-order valence-corrected chi connectivity index (χ4v) is 3.43. The van der Waals surface area contributed by atoms with Gasteiger partial charge in [0.2, 0.25) is 0 Å². The average molecular weight is 453 g/mol. The fourth-order valence-electron chi connectivity index (χ4n) is 2.89. The third kappa shape index (κ3) is 5.23. The predicted molar refractivity (Wildman–Crippen MR) is 117 cm³/mol. The normalized spacial score (nSPS) is 10.3. The first kappa shape index (κ1) is 20.6. The number of halogens is 1. The van der Waals surface area contributed by atoms with Gasteiger partial charge in [-0.15, -0.1) is 0 Å². The number of hydrogen-bond acceptors (Lipinski definition) is 3. The molecule has 29 heavy (non-hydrogen) atoms. The standard InChI is InChI=1S/C23H21BrN2O3/c1-26(15-16-7-4-3-5-8-16)23(28)18-9-6-10-19(13-18)25-22(27)17-11-12-21(29-2)20(24)14-17/h3-14H,15H2,1-2H3,(H,25,27). The Morgan fingerprint density at radius 2 is 1.72 bits per heavy atom. The lowest BCUT2D eigenvalue weighted by Gasteiger charge is -2.18. The van der Waals surface area contributed by atoms with E-state index in [2.05, 4.69) is 21.2 Å². The Hall–Kier alpha value is -3.12. The van der Waals surface area contributed by atoms with Crippen LogP contribution in [0.25, 0.3) is 0 Å². The van der Waals surface area contributed by atoms with Gasteiger partial charge in [-0.3, -0.25) is 9.59 Å². The Balaban J connectivity index is 1.71. The molecular formula is C23H21BrN2O3. The van der Waals surface area contributed by atoms with Crippen LogP contribution in [0, 0.1) is 0 Å². The van der Waals surface area contributed by atoms with Crippen LogP contribution >= 0.6 is 15.9 Å². The molecule has 148 valence electrons. The molecular weight excluding hydrogens is 432 g/mol. The van der Waals surface area contributed by atoms with Gasteiger partial charge in [0, 0.05) is 30.4 Å². The van der Waals surface area contributed by atoms with Gasteiger partial charge in [0.1, 0.15) is 5.75 Å². The molecule has 0 aliphatic carbocycles. The van der Waals surface area contributed by atoms with Crippen molar-refractivity contribution >= 4 is 33.4 Å². The van der Waals surface area contributed by atoms with Crippen LogP contribution in [0.3, 0.4) is 0 Å². The summed E-state index contributed by atoms with van der Waals surface area (Å²) in [5, 5.41) is 2.84. The minimum Gasteiger partial charge on any atom is -0.496 e. The quantitative estimate of drug-likeness (QED) is 0.573. The molecule has 3 rings (SSSR count). The maximum atomic E-state index is 12.8. The SMILES string of the molecule is COc1ccc(C(=O)Nc2cccc(C(=O)N(C)Cc3ccccc3)c2)cc1Br. The summed E-state index contributed by atoms with van der Waals surface area (Å²) in [6.45, 7) is 0.510. The number of amides is 2. The molecule has 0 aliphatic rings. The van der Waals surface area contributed by atoms with Crippen LogP contribution in [0.2, 0.25) is 0 Å². The van der Waals surface area contributed by atoms with E-state index < -0.39 is 0 Å². The van der Waals surface area contributed by atoms with Crippen molar-refractivity contribution < 1.29 is 14.3 Å². The smallest absolute Gasteiger partial charge is 0.255 e. The highest BCUT2D eigenvalue weighted by Gasteiger charge is 2.14. The van der Waals surface area contributed by atoms with Crippen molar-refractivity contribution in [3.8, 4) is 5.75 Å². The van der Waals surface area contributed by atoms with E-state index in [4.69, 9.17) is 4.74 Å². The van der Waals surface area contributed by atoms with Crippen LogP contribution in [0.5, 0.6) is 5.75 Å². The topological polar surface area (TPSA) is 58.6 Å². The zero-order valence-corrected chi connectivity index (χ0v) is 17.8. The number of carbonyl (C=O) groups excluding carboxylic acids is 2. The van der Waals surface area contributed by atoms with E-state index in [9.17, 15) is 9.59 Å². The van der Waals surface area contributed by atoms with E-state index in [-0.39, 0.29) is 11.8 Å². The maximum absolute atomic E-state index is 12.8. The second-order valence-electron chi connectivity index (χ2n) is 6.53. The third-order valence-electron chi connectivity index (χ3n) is 4.39. The number of benzene rings is 3. The summed E-state index contributed by atoms with van der Waals surface area (Å²) >= 11 is 3.38. The second kappa shape index (κ2) is 9.39. The van der Waals surface area contributed by atoms with E-state index in [0.29, 0.717) is 33.6 Å². The Morgan fingerprint density at radius 1 is 0.966 bits per heavy atom. The maximum Gasteiger partial charge on any atom is 0.255 e. The highest BCUT2D eigenvalue weighted by Crippen LogP contribution is 2.26. The van der Waals surface area contributed by atoms with Crippen molar-refractivity contribution in [2.24, 2.45) is 0 Å². The van der Waals surface area contributed by atoms with E-state index in [1.807, 2.05) is 30.3 Å². The highest BCUT2D eigenvalue weighted by atomic mass is 79.9. The first-order valence-electron chi connectivity index (χ1n) is 9.02. The molecule has 0 aromatic heterocycles. The number of nitrogens with one attached hydrogen (secondary N) is 1. The molecule has 6 heteroatoms. The lowest BCUT2D eigenvalue weighted by molar-refractivity contribution is 0.0784. The molecule has 0 saturated heterocycles. The Bertz CT molecular complexity index is 1020. The number of hydrogen-bond donors (Lipinski definition) is 1. The number of ether oxygens (including phenoxy) is 1. The zero-order chi connectivity index (χ0) is 20.8. The van der Waals surface area contributed by atoms with Gasteiger partial charge >= 0.3 is 0 Å². The molecule has 3 aromatic rings. The fraction of sp³-hybridized carbons (Fsp3) is 0.130. The molecule has 0 bridgehead atoms. The van der Waals surface area contributed by atoms with Crippen LogP contribution < -0.4 is 10.1 Å². The van der Waals surface area contributed by atoms with Gasteiger partial charge in [-0.2, -0.15) is 0 Å². The summed E-state index contributed by atoms with van der Waals surface area (Å²) in [7, 11) is 3.33. The van der Waals surface area contributed by atoms with Crippen molar-refractivity contribution in [2.75, 3.05) is 19.5 Å². The lowest BCUT2D eigenvalue weighted by atomic mass is 10.1. The van der Waals surface area contributed by atoms with Crippen LogP contribution in [-0.4, -0.2) is 30.9 Å². The minimum atomic E-state index is -0.268. The van der Waals surface area contributed by atoms with Gasteiger partial charge in [0.25, 0.3) is 11.8 Å². The van der Waals surface area contributed by atoms with Crippen LogP contribution in [0.1, 0.15) is 26.3 Å².